The number of aryl methyl sites for hydroxylation is 1. The Morgan fingerprint density at radius 3 is 2.24 bits per heavy atom. The molecule has 4 nitrogen and oxygen atoms in total. The van der Waals surface area contributed by atoms with Crippen LogP contribution < -0.4 is 26.9 Å². The lowest BCUT2D eigenvalue weighted by Gasteiger charge is -2.05. The number of halogens is 1. The minimum atomic E-state index is 0. The molecular formula is C19H21BrN4S. The Morgan fingerprint density at radius 1 is 0.960 bits per heavy atom. The van der Waals surface area contributed by atoms with E-state index in [2.05, 4.69) is 58.2 Å². The molecule has 1 aromatic heterocycles. The average Bonchev–Trinajstić information content (AvgIpc) is 2.87. The minimum absolute atomic E-state index is 0. The molecule has 0 saturated heterocycles. The first-order valence-corrected chi connectivity index (χ1v) is 8.71. The maximum atomic E-state index is 4.37. The summed E-state index contributed by atoms with van der Waals surface area (Å²) in [5.41, 5.74) is 4.42. The van der Waals surface area contributed by atoms with Gasteiger partial charge in [-0.1, -0.05) is 30.3 Å². The molecule has 0 bridgehead atoms. The van der Waals surface area contributed by atoms with E-state index in [1.54, 1.807) is 11.3 Å². The van der Waals surface area contributed by atoms with Crippen LogP contribution in [0.5, 0.6) is 0 Å². The summed E-state index contributed by atoms with van der Waals surface area (Å²) >= 11 is 1.66. The molecule has 0 saturated carbocycles. The predicted octanol–water partition coefficient (Wildman–Crippen LogP) is 2.22. The first-order valence-electron chi connectivity index (χ1n) is 7.89. The second-order valence-electron chi connectivity index (χ2n) is 5.67. The van der Waals surface area contributed by atoms with Crippen molar-refractivity contribution in [2.24, 2.45) is 17.3 Å². The molecule has 0 radical (unpaired) electrons. The zero-order chi connectivity index (χ0) is 16.9. The maximum absolute atomic E-state index is 4.37. The third-order valence-electron chi connectivity index (χ3n) is 4.00. The van der Waals surface area contributed by atoms with Gasteiger partial charge in [-0.3, -0.25) is 0 Å². The third-order valence-corrected chi connectivity index (χ3v) is 5.14. The van der Waals surface area contributed by atoms with Gasteiger partial charge in [-0.05, 0) is 60.1 Å². The number of anilines is 1. The zero-order valence-corrected chi connectivity index (χ0v) is 16.9. The van der Waals surface area contributed by atoms with E-state index in [9.17, 15) is 0 Å². The van der Waals surface area contributed by atoms with Gasteiger partial charge in [0.05, 0.1) is 17.0 Å². The molecule has 0 fully saturated rings. The third kappa shape index (κ3) is 4.96. The van der Waals surface area contributed by atoms with Crippen molar-refractivity contribution in [1.82, 2.24) is 0 Å². The molecule has 2 aromatic carbocycles. The highest BCUT2D eigenvalue weighted by Crippen LogP contribution is 2.24. The lowest BCUT2D eigenvalue weighted by atomic mass is 10.2. The molecule has 0 amide bonds. The van der Waals surface area contributed by atoms with Crippen LogP contribution in [0.3, 0.4) is 0 Å². The number of hydrogen-bond acceptors (Lipinski definition) is 4. The van der Waals surface area contributed by atoms with Gasteiger partial charge in [0.2, 0.25) is 0 Å². The summed E-state index contributed by atoms with van der Waals surface area (Å²) in [5.74, 6) is 0. The van der Waals surface area contributed by atoms with Crippen molar-refractivity contribution >= 4 is 27.8 Å². The molecule has 1 N–H and O–H groups in total. The Bertz CT molecular complexity index is 842. The highest BCUT2D eigenvalue weighted by Gasteiger charge is 2.15. The fraction of sp³-hybridized carbons (Fsp3) is 0.211. The summed E-state index contributed by atoms with van der Waals surface area (Å²) in [5, 5.41) is 13.0. The van der Waals surface area contributed by atoms with E-state index < -0.39 is 0 Å². The lowest BCUT2D eigenvalue weighted by Crippen LogP contribution is -3.00. The molecule has 1 heterocycles. The Balaban J connectivity index is 0.00000225. The van der Waals surface area contributed by atoms with Gasteiger partial charge >= 0.3 is 5.13 Å². The Hall–Kier alpha value is -2.05. The first-order chi connectivity index (χ1) is 11.6. The highest BCUT2D eigenvalue weighted by molar-refractivity contribution is 7.14. The molecule has 0 atom stereocenters. The fourth-order valence-corrected chi connectivity index (χ4v) is 3.21. The standard InChI is InChI=1S/C19H20N4S.BrH/c1-14-15(2)24-19(23(14)3)22-21-18-11-9-17(10-12-18)20-13-16-7-5-4-6-8-16;/h4-12H,13H2,1-3H3;1H. The number of aromatic nitrogens is 1. The highest BCUT2D eigenvalue weighted by atomic mass is 79.9. The number of nitrogens with zero attached hydrogens (tertiary/aromatic N) is 3. The molecule has 25 heavy (non-hydrogen) atoms. The molecule has 0 aliphatic rings. The van der Waals surface area contributed by atoms with Gasteiger partial charge in [0.25, 0.3) is 0 Å². The van der Waals surface area contributed by atoms with Gasteiger partial charge in [-0.2, -0.15) is 0 Å². The molecule has 0 spiro atoms. The summed E-state index contributed by atoms with van der Waals surface area (Å²) in [4.78, 5) is 1.27. The monoisotopic (exact) mass is 416 g/mol. The summed E-state index contributed by atoms with van der Waals surface area (Å²) in [7, 11) is 2.02. The number of thiazole rings is 1. The van der Waals surface area contributed by atoms with Crippen LogP contribution in [0.1, 0.15) is 16.1 Å². The summed E-state index contributed by atoms with van der Waals surface area (Å²) in [6.45, 7) is 5.01. The first kappa shape index (κ1) is 19.3. The maximum Gasteiger partial charge on any atom is 0.408 e. The van der Waals surface area contributed by atoms with Crippen LogP contribution in [0.2, 0.25) is 0 Å². The topological polar surface area (TPSA) is 40.6 Å². The van der Waals surface area contributed by atoms with Crippen molar-refractivity contribution in [3.63, 3.8) is 0 Å². The number of benzene rings is 2. The van der Waals surface area contributed by atoms with E-state index in [0.717, 1.165) is 23.1 Å². The largest absolute Gasteiger partial charge is 1.00 e. The van der Waals surface area contributed by atoms with E-state index in [1.807, 2.05) is 37.4 Å². The van der Waals surface area contributed by atoms with Crippen LogP contribution in [0.4, 0.5) is 16.5 Å². The lowest BCUT2D eigenvalue weighted by molar-refractivity contribution is -0.660. The molecule has 3 aromatic rings. The summed E-state index contributed by atoms with van der Waals surface area (Å²) in [6, 6.07) is 18.4. The van der Waals surface area contributed by atoms with Crippen molar-refractivity contribution in [2.75, 3.05) is 5.32 Å². The van der Waals surface area contributed by atoms with Crippen LogP contribution >= 0.6 is 11.3 Å². The minimum Gasteiger partial charge on any atom is -1.00 e. The normalized spacial score (nSPS) is 10.7. The van der Waals surface area contributed by atoms with Gasteiger partial charge < -0.3 is 22.3 Å². The Kier molecular flexibility index (Phi) is 6.84. The van der Waals surface area contributed by atoms with Crippen molar-refractivity contribution < 1.29 is 21.5 Å². The zero-order valence-electron chi connectivity index (χ0n) is 14.5. The summed E-state index contributed by atoms with van der Waals surface area (Å²) in [6.07, 6.45) is 0. The van der Waals surface area contributed by atoms with Crippen molar-refractivity contribution in [3.8, 4) is 0 Å². The molecular weight excluding hydrogens is 396 g/mol. The van der Waals surface area contributed by atoms with Crippen LogP contribution in [0, 0.1) is 13.8 Å². The van der Waals surface area contributed by atoms with Crippen LogP contribution in [-0.2, 0) is 13.6 Å². The van der Waals surface area contributed by atoms with E-state index in [0.29, 0.717) is 0 Å². The molecule has 6 heteroatoms. The Morgan fingerprint density at radius 2 is 1.64 bits per heavy atom. The SMILES string of the molecule is Cc1sc(N=Nc2ccc(NCc3ccccc3)cc2)[n+](C)c1C.[Br-]. The van der Waals surface area contributed by atoms with E-state index in [4.69, 9.17) is 0 Å². The summed E-state index contributed by atoms with van der Waals surface area (Å²) < 4.78 is 2.07. The van der Waals surface area contributed by atoms with Gasteiger partial charge in [0.1, 0.15) is 11.4 Å². The quantitative estimate of drug-likeness (QED) is 0.502. The number of hydrogen-bond donors (Lipinski definition) is 1. The van der Waals surface area contributed by atoms with Crippen molar-refractivity contribution in [3.05, 3.63) is 70.7 Å². The van der Waals surface area contributed by atoms with Crippen LogP contribution in [0.25, 0.3) is 0 Å². The van der Waals surface area contributed by atoms with Crippen LogP contribution in [-0.4, -0.2) is 0 Å². The smallest absolute Gasteiger partial charge is 0.408 e. The van der Waals surface area contributed by atoms with Crippen molar-refractivity contribution in [2.45, 2.75) is 20.4 Å². The molecule has 0 unspecified atom stereocenters. The van der Waals surface area contributed by atoms with Gasteiger partial charge in [0, 0.05) is 12.2 Å². The van der Waals surface area contributed by atoms with E-state index in [-0.39, 0.29) is 17.0 Å². The molecule has 0 aliphatic carbocycles. The second kappa shape index (κ2) is 8.87. The van der Waals surface area contributed by atoms with E-state index in [1.165, 1.54) is 16.1 Å². The molecule has 0 aliphatic heterocycles. The number of azo groups is 1. The van der Waals surface area contributed by atoms with Gasteiger partial charge in [0.15, 0.2) is 0 Å². The second-order valence-corrected chi connectivity index (χ2v) is 6.85. The number of nitrogens with one attached hydrogen (secondary N) is 1. The molecule has 130 valence electrons. The molecule has 3 rings (SSSR count). The van der Waals surface area contributed by atoms with Crippen molar-refractivity contribution in [1.29, 1.82) is 0 Å². The number of rotatable bonds is 5. The Labute approximate surface area is 163 Å². The average molecular weight is 417 g/mol. The van der Waals surface area contributed by atoms with Gasteiger partial charge in [-0.25, -0.2) is 4.57 Å². The predicted molar refractivity (Wildman–Crippen MR) is 99.4 cm³/mol. The van der Waals surface area contributed by atoms with E-state index >= 15 is 0 Å². The van der Waals surface area contributed by atoms with Gasteiger partial charge in [-0.15, -0.1) is 0 Å². The van der Waals surface area contributed by atoms with Crippen LogP contribution in [0.15, 0.2) is 64.8 Å². The fourth-order valence-electron chi connectivity index (χ4n) is 2.29.